The number of halogens is 1. The molecule has 2 unspecified atom stereocenters. The first-order chi connectivity index (χ1) is 14.1. The van der Waals surface area contributed by atoms with E-state index < -0.39 is 0 Å². The maximum atomic E-state index is 6.09. The van der Waals surface area contributed by atoms with Crippen molar-refractivity contribution in [2.45, 2.75) is 58.2 Å². The molecule has 4 heteroatoms. The summed E-state index contributed by atoms with van der Waals surface area (Å²) in [5, 5.41) is 3.25. The van der Waals surface area contributed by atoms with Crippen molar-refractivity contribution < 1.29 is 0 Å². The minimum absolute atomic E-state index is 0.231. The summed E-state index contributed by atoms with van der Waals surface area (Å²) in [6.07, 6.45) is 7.50. The van der Waals surface area contributed by atoms with E-state index in [1.165, 1.54) is 48.1 Å². The van der Waals surface area contributed by atoms with E-state index in [0.717, 1.165) is 24.7 Å². The molecule has 2 atom stereocenters. The first kappa shape index (κ1) is 20.5. The van der Waals surface area contributed by atoms with Gasteiger partial charge in [-0.15, -0.1) is 0 Å². The number of rotatable bonds is 7. The number of benzene rings is 2. The number of unbranched alkanes of at least 4 members (excludes halogenated alkanes) is 2. The van der Waals surface area contributed by atoms with Crippen LogP contribution in [-0.2, 0) is 6.54 Å². The molecule has 2 aliphatic rings. The van der Waals surface area contributed by atoms with Crippen molar-refractivity contribution in [3.05, 3.63) is 82.0 Å². The Morgan fingerprint density at radius 2 is 1.93 bits per heavy atom. The standard InChI is InChI=1S/C25H32ClN3/c1-3-4-5-9-23-17-28(16-20-8-6-7-19(2)14-20)18-24-15-25(27-29(23)24)21-10-12-22(26)13-11-21/h6-8,10-15,23,25,27H,3-5,9,16-18H2,1-2H3. The van der Waals surface area contributed by atoms with Gasteiger partial charge in [0, 0.05) is 30.4 Å². The molecule has 0 aliphatic carbocycles. The maximum Gasteiger partial charge on any atom is 0.0713 e. The predicted octanol–water partition coefficient (Wildman–Crippen LogP) is 5.86. The van der Waals surface area contributed by atoms with E-state index in [9.17, 15) is 0 Å². The highest BCUT2D eigenvalue weighted by Crippen LogP contribution is 2.32. The van der Waals surface area contributed by atoms with E-state index in [0.29, 0.717) is 6.04 Å². The number of hydrazine groups is 1. The van der Waals surface area contributed by atoms with Gasteiger partial charge in [0.05, 0.1) is 12.1 Å². The van der Waals surface area contributed by atoms with Gasteiger partial charge in [-0.25, -0.2) is 5.43 Å². The summed E-state index contributed by atoms with van der Waals surface area (Å²) in [6.45, 7) is 7.57. The van der Waals surface area contributed by atoms with Gasteiger partial charge in [-0.2, -0.15) is 0 Å². The third-order valence-electron chi connectivity index (χ3n) is 6.03. The lowest BCUT2D eigenvalue weighted by molar-refractivity contribution is 0.0726. The van der Waals surface area contributed by atoms with Gasteiger partial charge in [0.25, 0.3) is 0 Å². The van der Waals surface area contributed by atoms with Crippen LogP contribution in [0.1, 0.15) is 55.3 Å². The third kappa shape index (κ3) is 5.03. The Hall–Kier alpha value is -1.81. The summed E-state index contributed by atoms with van der Waals surface area (Å²) in [5.74, 6) is 0. The fourth-order valence-corrected chi connectivity index (χ4v) is 4.69. The van der Waals surface area contributed by atoms with Crippen LogP contribution in [0, 0.1) is 6.92 Å². The van der Waals surface area contributed by atoms with E-state index >= 15 is 0 Å². The van der Waals surface area contributed by atoms with Crippen LogP contribution in [0.2, 0.25) is 5.02 Å². The van der Waals surface area contributed by atoms with Crippen LogP contribution in [0.4, 0.5) is 0 Å². The summed E-state index contributed by atoms with van der Waals surface area (Å²) in [7, 11) is 0. The largest absolute Gasteiger partial charge is 0.306 e. The average molecular weight is 410 g/mol. The van der Waals surface area contributed by atoms with Crippen LogP contribution < -0.4 is 5.43 Å². The molecule has 0 bridgehead atoms. The second kappa shape index (κ2) is 9.34. The van der Waals surface area contributed by atoms with Crippen LogP contribution in [0.15, 0.2) is 60.3 Å². The Morgan fingerprint density at radius 1 is 1.10 bits per heavy atom. The molecule has 2 heterocycles. The normalized spacial score (nSPS) is 21.9. The van der Waals surface area contributed by atoms with E-state index in [2.05, 4.69) is 71.7 Å². The molecular weight excluding hydrogens is 378 g/mol. The summed E-state index contributed by atoms with van der Waals surface area (Å²) in [5.41, 5.74) is 9.20. The minimum Gasteiger partial charge on any atom is -0.306 e. The molecular formula is C25H32ClN3. The average Bonchev–Trinajstić information content (AvgIpc) is 3.13. The van der Waals surface area contributed by atoms with Gasteiger partial charge in [-0.3, -0.25) is 4.90 Å². The van der Waals surface area contributed by atoms with Crippen molar-refractivity contribution in [3.8, 4) is 0 Å². The number of aryl methyl sites for hydroxylation is 1. The molecule has 2 aromatic rings. The van der Waals surface area contributed by atoms with Crippen molar-refractivity contribution in [1.82, 2.24) is 15.3 Å². The Morgan fingerprint density at radius 3 is 2.69 bits per heavy atom. The highest BCUT2D eigenvalue weighted by atomic mass is 35.5. The van der Waals surface area contributed by atoms with E-state index in [1.807, 2.05) is 12.1 Å². The molecule has 2 aliphatic heterocycles. The number of fused-ring (bicyclic) bond motifs is 1. The molecule has 4 rings (SSSR count). The second-order valence-electron chi connectivity index (χ2n) is 8.49. The van der Waals surface area contributed by atoms with Crippen LogP contribution in [-0.4, -0.2) is 29.0 Å². The monoisotopic (exact) mass is 409 g/mol. The molecule has 154 valence electrons. The van der Waals surface area contributed by atoms with Crippen molar-refractivity contribution in [2.24, 2.45) is 0 Å². The number of nitrogens with one attached hydrogen (secondary N) is 1. The zero-order chi connectivity index (χ0) is 20.2. The molecule has 2 aromatic carbocycles. The molecule has 0 saturated carbocycles. The fourth-order valence-electron chi connectivity index (χ4n) is 4.57. The Balaban J connectivity index is 1.51. The molecule has 0 spiro atoms. The summed E-state index contributed by atoms with van der Waals surface area (Å²) < 4.78 is 0. The zero-order valence-corrected chi connectivity index (χ0v) is 18.3. The quantitative estimate of drug-likeness (QED) is 0.578. The minimum atomic E-state index is 0.231. The van der Waals surface area contributed by atoms with Crippen molar-refractivity contribution in [2.75, 3.05) is 13.1 Å². The highest BCUT2D eigenvalue weighted by molar-refractivity contribution is 6.30. The zero-order valence-electron chi connectivity index (χ0n) is 17.6. The van der Waals surface area contributed by atoms with E-state index in [1.54, 1.807) is 0 Å². The van der Waals surface area contributed by atoms with Crippen LogP contribution in [0.3, 0.4) is 0 Å². The van der Waals surface area contributed by atoms with Gasteiger partial charge >= 0.3 is 0 Å². The van der Waals surface area contributed by atoms with Crippen molar-refractivity contribution in [3.63, 3.8) is 0 Å². The summed E-state index contributed by atoms with van der Waals surface area (Å²) in [4.78, 5) is 2.61. The Bertz CT molecular complexity index is 845. The summed E-state index contributed by atoms with van der Waals surface area (Å²) in [6, 6.07) is 17.9. The first-order valence-electron chi connectivity index (χ1n) is 10.9. The maximum absolute atomic E-state index is 6.09. The van der Waals surface area contributed by atoms with Gasteiger partial charge in [-0.05, 0) is 42.7 Å². The lowest BCUT2D eigenvalue weighted by Gasteiger charge is -2.42. The number of hydrogen-bond donors (Lipinski definition) is 1. The molecule has 1 fully saturated rings. The molecule has 1 N–H and O–H groups in total. The van der Waals surface area contributed by atoms with Crippen LogP contribution >= 0.6 is 11.6 Å². The fraction of sp³-hybridized carbons (Fsp3) is 0.440. The van der Waals surface area contributed by atoms with Gasteiger partial charge in [0.1, 0.15) is 0 Å². The molecule has 0 radical (unpaired) electrons. The smallest absolute Gasteiger partial charge is 0.0713 e. The molecule has 3 nitrogen and oxygen atoms in total. The highest BCUT2D eigenvalue weighted by Gasteiger charge is 2.35. The van der Waals surface area contributed by atoms with Gasteiger partial charge in [0.15, 0.2) is 0 Å². The van der Waals surface area contributed by atoms with Crippen molar-refractivity contribution in [1.29, 1.82) is 0 Å². The third-order valence-corrected chi connectivity index (χ3v) is 6.28. The van der Waals surface area contributed by atoms with Crippen LogP contribution in [0.5, 0.6) is 0 Å². The van der Waals surface area contributed by atoms with E-state index in [-0.39, 0.29) is 6.04 Å². The topological polar surface area (TPSA) is 18.5 Å². The molecule has 0 amide bonds. The van der Waals surface area contributed by atoms with E-state index in [4.69, 9.17) is 11.6 Å². The molecule has 1 saturated heterocycles. The van der Waals surface area contributed by atoms with Crippen LogP contribution in [0.25, 0.3) is 0 Å². The summed E-state index contributed by atoms with van der Waals surface area (Å²) >= 11 is 6.09. The lowest BCUT2D eigenvalue weighted by Crippen LogP contribution is -2.54. The Kier molecular flexibility index (Phi) is 6.59. The number of piperazine rings is 1. The number of hydrogen-bond acceptors (Lipinski definition) is 3. The molecule has 29 heavy (non-hydrogen) atoms. The predicted molar refractivity (Wildman–Crippen MR) is 122 cm³/mol. The lowest BCUT2D eigenvalue weighted by atomic mass is 10.0. The number of nitrogens with zero attached hydrogens (tertiary/aromatic N) is 2. The second-order valence-corrected chi connectivity index (χ2v) is 8.93. The first-order valence-corrected chi connectivity index (χ1v) is 11.3. The van der Waals surface area contributed by atoms with Crippen molar-refractivity contribution >= 4 is 11.6 Å². The van der Waals surface area contributed by atoms with Gasteiger partial charge in [0.2, 0.25) is 0 Å². The SMILES string of the molecule is CCCCCC1CN(Cc2cccc(C)c2)CC2=CC(c3ccc(Cl)cc3)NN21. The molecule has 0 aromatic heterocycles. The Labute approximate surface area is 180 Å². The van der Waals surface area contributed by atoms with Gasteiger partial charge < -0.3 is 5.01 Å². The van der Waals surface area contributed by atoms with Gasteiger partial charge in [-0.1, -0.05) is 79.7 Å².